The predicted molar refractivity (Wildman–Crippen MR) is 92.7 cm³/mol. The Kier molecular flexibility index (Phi) is 4.30. The van der Waals surface area contributed by atoms with Crippen molar-refractivity contribution < 1.29 is 23.4 Å². The minimum Gasteiger partial charge on any atom is -0.493 e. The van der Waals surface area contributed by atoms with Crippen molar-refractivity contribution in [2.24, 2.45) is 0 Å². The van der Waals surface area contributed by atoms with Gasteiger partial charge in [0.1, 0.15) is 5.75 Å². The summed E-state index contributed by atoms with van der Waals surface area (Å²) >= 11 is 0. The van der Waals surface area contributed by atoms with Crippen LogP contribution in [0.1, 0.15) is 16.8 Å². The van der Waals surface area contributed by atoms with E-state index in [-0.39, 0.29) is 12.7 Å². The highest BCUT2D eigenvalue weighted by atomic mass is 19.1. The topological polar surface area (TPSA) is 85.5 Å². The molecule has 0 fully saturated rings. The first-order valence-corrected chi connectivity index (χ1v) is 8.12. The van der Waals surface area contributed by atoms with E-state index in [1.807, 2.05) is 0 Å². The van der Waals surface area contributed by atoms with Crippen LogP contribution >= 0.6 is 0 Å². The number of aromatic amines is 1. The molecule has 1 aliphatic heterocycles. The van der Waals surface area contributed by atoms with Gasteiger partial charge in [-0.25, -0.2) is 0 Å². The molecule has 0 saturated heterocycles. The molecule has 26 heavy (non-hydrogen) atoms. The number of anilines is 1. The summed E-state index contributed by atoms with van der Waals surface area (Å²) in [6.45, 7) is 0.0130. The first kappa shape index (κ1) is 16.2. The Morgan fingerprint density at radius 2 is 2.12 bits per heavy atom. The maximum Gasteiger partial charge on any atom is 0.257 e. The van der Waals surface area contributed by atoms with Gasteiger partial charge >= 0.3 is 0 Å². The smallest absolute Gasteiger partial charge is 0.257 e. The highest BCUT2D eigenvalue weighted by Gasteiger charge is 2.17. The Morgan fingerprint density at radius 1 is 1.23 bits per heavy atom. The van der Waals surface area contributed by atoms with Crippen LogP contribution in [-0.4, -0.2) is 36.2 Å². The Morgan fingerprint density at radius 3 is 3.00 bits per heavy atom. The lowest BCUT2D eigenvalue weighted by atomic mass is 10.2. The van der Waals surface area contributed by atoms with Crippen molar-refractivity contribution in [1.82, 2.24) is 10.2 Å². The number of ether oxygens (including phenoxy) is 3. The van der Waals surface area contributed by atoms with E-state index in [1.54, 1.807) is 36.4 Å². The number of fused-ring (bicyclic) bond motifs is 2. The maximum absolute atomic E-state index is 12.5. The van der Waals surface area contributed by atoms with Gasteiger partial charge in [0.2, 0.25) is 6.79 Å². The highest BCUT2D eigenvalue weighted by molar-refractivity contribution is 6.08. The molecule has 3 aromatic rings. The first-order chi connectivity index (χ1) is 12.7. The molecule has 4 rings (SSSR count). The normalized spacial score (nSPS) is 12.3. The summed E-state index contributed by atoms with van der Waals surface area (Å²) in [5.41, 5.74) is 1.18. The van der Waals surface area contributed by atoms with E-state index in [0.717, 1.165) is 5.52 Å². The second-order valence-corrected chi connectivity index (χ2v) is 5.69. The monoisotopic (exact) mass is 357 g/mol. The number of halogens is 1. The summed E-state index contributed by atoms with van der Waals surface area (Å²) in [5.74, 6) is 1.81. The van der Waals surface area contributed by atoms with Crippen LogP contribution < -0.4 is 19.5 Å². The molecule has 2 N–H and O–H groups in total. The van der Waals surface area contributed by atoms with Crippen molar-refractivity contribution >= 4 is 22.6 Å². The van der Waals surface area contributed by atoms with E-state index in [9.17, 15) is 9.18 Å². The molecule has 0 radical (unpaired) electrons. The largest absolute Gasteiger partial charge is 0.493 e. The number of amides is 1. The van der Waals surface area contributed by atoms with E-state index in [4.69, 9.17) is 14.2 Å². The van der Waals surface area contributed by atoms with Gasteiger partial charge in [-0.1, -0.05) is 0 Å². The number of hydrogen-bond acceptors (Lipinski definition) is 5. The average molecular weight is 357 g/mol. The quantitative estimate of drug-likeness (QED) is 0.661. The Hall–Kier alpha value is -3.29. The zero-order chi connectivity index (χ0) is 17.9. The minimum absolute atomic E-state index is 0.148. The lowest BCUT2D eigenvalue weighted by Gasteiger charge is -2.06. The minimum atomic E-state index is -0.426. The Bertz CT molecular complexity index is 957. The third-order valence-corrected chi connectivity index (χ3v) is 3.95. The van der Waals surface area contributed by atoms with E-state index >= 15 is 0 Å². The average Bonchev–Trinajstić information content (AvgIpc) is 3.28. The molecule has 0 atom stereocenters. The molecule has 0 aliphatic carbocycles. The molecule has 134 valence electrons. The number of rotatable bonds is 6. The number of carbonyl (C=O) groups excluding carboxylic acids is 1. The third-order valence-electron chi connectivity index (χ3n) is 3.95. The van der Waals surface area contributed by atoms with Gasteiger partial charge in [-0.3, -0.25) is 14.3 Å². The summed E-state index contributed by atoms with van der Waals surface area (Å²) in [6.07, 6.45) is 0.330. The van der Waals surface area contributed by atoms with Crippen LogP contribution in [-0.2, 0) is 0 Å². The van der Waals surface area contributed by atoms with Gasteiger partial charge in [-0.05, 0) is 36.4 Å². The van der Waals surface area contributed by atoms with Gasteiger partial charge in [0.25, 0.3) is 5.91 Å². The fourth-order valence-electron chi connectivity index (χ4n) is 2.64. The molecule has 1 aliphatic rings. The van der Waals surface area contributed by atoms with Gasteiger partial charge < -0.3 is 19.5 Å². The Labute approximate surface area is 148 Å². The molecule has 8 heteroatoms. The van der Waals surface area contributed by atoms with Crippen molar-refractivity contribution in [1.29, 1.82) is 0 Å². The zero-order valence-electron chi connectivity index (χ0n) is 13.8. The van der Waals surface area contributed by atoms with Crippen molar-refractivity contribution in [3.63, 3.8) is 0 Å². The lowest BCUT2D eigenvalue weighted by Crippen LogP contribution is -2.12. The molecule has 2 heterocycles. The predicted octanol–water partition coefficient (Wildman–Crippen LogP) is 3.28. The standard InChI is InChI=1S/C18H16FN3O4/c19-6-1-7-24-12-3-4-14-13(9-12)17(22-21-14)20-18(23)11-2-5-15-16(8-11)26-10-25-15/h2-5,8-9H,1,6-7,10H2,(H2,20,21,22,23). The van der Waals surface area contributed by atoms with Gasteiger partial charge in [-0.15, -0.1) is 0 Å². The molecule has 1 aromatic heterocycles. The highest BCUT2D eigenvalue weighted by Crippen LogP contribution is 2.33. The molecule has 0 spiro atoms. The zero-order valence-corrected chi connectivity index (χ0v) is 13.8. The number of alkyl halides is 1. The number of H-pyrrole nitrogens is 1. The van der Waals surface area contributed by atoms with E-state index < -0.39 is 6.67 Å². The van der Waals surface area contributed by atoms with Crippen LogP contribution in [0.15, 0.2) is 36.4 Å². The fourth-order valence-corrected chi connectivity index (χ4v) is 2.64. The second kappa shape index (κ2) is 6.91. The lowest BCUT2D eigenvalue weighted by molar-refractivity contribution is 0.102. The van der Waals surface area contributed by atoms with Crippen molar-refractivity contribution in [2.75, 3.05) is 25.4 Å². The summed E-state index contributed by atoms with van der Waals surface area (Å²) in [6, 6.07) is 10.3. The molecule has 7 nitrogen and oxygen atoms in total. The molecule has 1 amide bonds. The summed E-state index contributed by atoms with van der Waals surface area (Å²) < 4.78 is 28.2. The van der Waals surface area contributed by atoms with Crippen molar-refractivity contribution in [2.45, 2.75) is 6.42 Å². The second-order valence-electron chi connectivity index (χ2n) is 5.69. The molecule has 0 unspecified atom stereocenters. The van der Waals surface area contributed by atoms with E-state index in [2.05, 4.69) is 15.5 Å². The van der Waals surface area contributed by atoms with Crippen LogP contribution in [0.25, 0.3) is 10.9 Å². The summed E-state index contributed by atoms with van der Waals surface area (Å²) in [7, 11) is 0. The van der Waals surface area contributed by atoms with Crippen LogP contribution in [0.4, 0.5) is 10.2 Å². The van der Waals surface area contributed by atoms with Crippen LogP contribution in [0, 0.1) is 0 Å². The number of aromatic nitrogens is 2. The fraction of sp³-hybridized carbons (Fsp3) is 0.222. The van der Waals surface area contributed by atoms with Gasteiger partial charge in [0.05, 0.1) is 18.8 Å². The van der Waals surface area contributed by atoms with Crippen LogP contribution in [0.2, 0.25) is 0 Å². The first-order valence-electron chi connectivity index (χ1n) is 8.12. The maximum atomic E-state index is 12.5. The molecule has 2 aromatic carbocycles. The van der Waals surface area contributed by atoms with E-state index in [0.29, 0.717) is 47.0 Å². The van der Waals surface area contributed by atoms with Gasteiger partial charge in [-0.2, -0.15) is 5.10 Å². The molecule has 0 bridgehead atoms. The number of hydrogen-bond donors (Lipinski definition) is 2. The number of benzene rings is 2. The number of nitrogens with one attached hydrogen (secondary N) is 2. The SMILES string of the molecule is O=C(Nc1n[nH]c2ccc(OCCCF)cc12)c1ccc2c(c1)OCO2. The molecular formula is C18H16FN3O4. The van der Waals surface area contributed by atoms with Crippen LogP contribution in [0.3, 0.4) is 0 Å². The molecule has 0 saturated carbocycles. The third kappa shape index (κ3) is 3.13. The van der Waals surface area contributed by atoms with Crippen LogP contribution in [0.5, 0.6) is 17.2 Å². The Balaban J connectivity index is 1.54. The van der Waals surface area contributed by atoms with Gasteiger partial charge in [0, 0.05) is 17.4 Å². The molecular weight excluding hydrogens is 341 g/mol. The van der Waals surface area contributed by atoms with Gasteiger partial charge in [0.15, 0.2) is 17.3 Å². The number of nitrogens with zero attached hydrogens (tertiary/aromatic N) is 1. The van der Waals surface area contributed by atoms with Crippen molar-refractivity contribution in [3.05, 3.63) is 42.0 Å². The number of carbonyl (C=O) groups is 1. The summed E-state index contributed by atoms with van der Waals surface area (Å²) in [4.78, 5) is 12.5. The van der Waals surface area contributed by atoms with E-state index in [1.165, 1.54) is 0 Å². The van der Waals surface area contributed by atoms with Crippen molar-refractivity contribution in [3.8, 4) is 17.2 Å². The summed E-state index contributed by atoms with van der Waals surface area (Å²) in [5, 5.41) is 10.5.